The minimum Gasteiger partial charge on any atom is -0.344 e. The third kappa shape index (κ3) is 2.63. The number of hydrogen-bond acceptors (Lipinski definition) is 2. The standard InChI is InChI=1S/C21H25N3/c1-14-10-15(2)21-18-13-23-16(3)12-19(18)24(20(21)11-14)9-6-17-4-7-22-8-5-17/h4-5,7-8,10-11,16,23H,6,9,12-13H2,1-3H3. The summed E-state index contributed by atoms with van der Waals surface area (Å²) < 4.78 is 2.57. The fraction of sp³-hybridized carbons (Fsp3) is 0.381. The molecule has 1 aliphatic heterocycles. The zero-order chi connectivity index (χ0) is 16.7. The van der Waals surface area contributed by atoms with Crippen molar-refractivity contribution in [1.29, 1.82) is 0 Å². The Morgan fingerprint density at radius 2 is 2.00 bits per heavy atom. The van der Waals surface area contributed by atoms with E-state index in [-0.39, 0.29) is 0 Å². The molecule has 0 fully saturated rings. The first kappa shape index (κ1) is 15.4. The van der Waals surface area contributed by atoms with Gasteiger partial charge in [0, 0.05) is 54.5 Å². The average Bonchev–Trinajstić information content (AvgIpc) is 2.86. The third-order valence-corrected chi connectivity index (χ3v) is 5.23. The van der Waals surface area contributed by atoms with E-state index in [1.54, 1.807) is 0 Å². The van der Waals surface area contributed by atoms with Crippen LogP contribution < -0.4 is 5.32 Å². The number of fused-ring (bicyclic) bond motifs is 3. The Hall–Kier alpha value is -2.13. The predicted molar refractivity (Wildman–Crippen MR) is 99.4 cm³/mol. The highest BCUT2D eigenvalue weighted by molar-refractivity contribution is 5.89. The van der Waals surface area contributed by atoms with Gasteiger partial charge in [-0.05, 0) is 67.6 Å². The topological polar surface area (TPSA) is 29.9 Å². The van der Waals surface area contributed by atoms with Crippen LogP contribution in [0, 0.1) is 13.8 Å². The van der Waals surface area contributed by atoms with Gasteiger partial charge in [-0.15, -0.1) is 0 Å². The van der Waals surface area contributed by atoms with Crippen LogP contribution in [-0.2, 0) is 25.9 Å². The fourth-order valence-electron chi connectivity index (χ4n) is 4.11. The first-order chi connectivity index (χ1) is 11.6. The first-order valence-corrected chi connectivity index (χ1v) is 8.87. The molecule has 1 N–H and O–H groups in total. The van der Waals surface area contributed by atoms with E-state index >= 15 is 0 Å². The van der Waals surface area contributed by atoms with E-state index in [1.165, 1.54) is 38.9 Å². The highest BCUT2D eigenvalue weighted by Gasteiger charge is 2.24. The van der Waals surface area contributed by atoms with E-state index in [1.807, 2.05) is 12.4 Å². The van der Waals surface area contributed by atoms with Crippen LogP contribution in [0.1, 0.15) is 34.9 Å². The van der Waals surface area contributed by atoms with Crippen molar-refractivity contribution in [3.63, 3.8) is 0 Å². The summed E-state index contributed by atoms with van der Waals surface area (Å²) in [5.41, 5.74) is 8.55. The van der Waals surface area contributed by atoms with Gasteiger partial charge < -0.3 is 9.88 Å². The lowest BCUT2D eigenvalue weighted by Gasteiger charge is -2.23. The molecule has 1 aliphatic rings. The molecule has 0 spiro atoms. The van der Waals surface area contributed by atoms with Crippen molar-refractivity contribution in [1.82, 2.24) is 14.9 Å². The van der Waals surface area contributed by atoms with Crippen molar-refractivity contribution < 1.29 is 0 Å². The van der Waals surface area contributed by atoms with Gasteiger partial charge in [0.2, 0.25) is 0 Å². The van der Waals surface area contributed by atoms with Crippen LogP contribution in [0.15, 0.2) is 36.7 Å². The largest absolute Gasteiger partial charge is 0.344 e. The van der Waals surface area contributed by atoms with Crippen molar-refractivity contribution in [2.75, 3.05) is 0 Å². The van der Waals surface area contributed by atoms with E-state index in [0.29, 0.717) is 6.04 Å². The van der Waals surface area contributed by atoms with Crippen LogP contribution in [0.25, 0.3) is 10.9 Å². The number of nitrogens with zero attached hydrogens (tertiary/aromatic N) is 2. The van der Waals surface area contributed by atoms with Gasteiger partial charge in [0.25, 0.3) is 0 Å². The maximum absolute atomic E-state index is 4.13. The summed E-state index contributed by atoms with van der Waals surface area (Å²) in [6.45, 7) is 8.75. The molecule has 0 saturated carbocycles. The van der Waals surface area contributed by atoms with Crippen molar-refractivity contribution in [2.45, 2.75) is 52.7 Å². The molecule has 1 unspecified atom stereocenters. The highest BCUT2D eigenvalue weighted by atomic mass is 15.0. The molecule has 3 aromatic rings. The third-order valence-electron chi connectivity index (χ3n) is 5.23. The highest BCUT2D eigenvalue weighted by Crippen LogP contribution is 2.33. The van der Waals surface area contributed by atoms with Crippen LogP contribution in [0.2, 0.25) is 0 Å². The quantitative estimate of drug-likeness (QED) is 0.793. The minimum absolute atomic E-state index is 0.544. The molecule has 0 bridgehead atoms. The number of benzene rings is 1. The van der Waals surface area contributed by atoms with Gasteiger partial charge in [0.05, 0.1) is 0 Å². The summed E-state index contributed by atoms with van der Waals surface area (Å²) in [6, 6.07) is 9.46. The molecule has 0 amide bonds. The van der Waals surface area contributed by atoms with Crippen molar-refractivity contribution in [2.24, 2.45) is 0 Å². The lowest BCUT2D eigenvalue weighted by Crippen LogP contribution is -2.33. The van der Waals surface area contributed by atoms with Crippen LogP contribution in [0.3, 0.4) is 0 Å². The van der Waals surface area contributed by atoms with Gasteiger partial charge in [-0.3, -0.25) is 4.98 Å². The number of hydrogen-bond donors (Lipinski definition) is 1. The van der Waals surface area contributed by atoms with Crippen molar-refractivity contribution >= 4 is 10.9 Å². The molecule has 4 rings (SSSR count). The Balaban J connectivity index is 1.82. The zero-order valence-corrected chi connectivity index (χ0v) is 14.8. The number of aromatic nitrogens is 2. The molecule has 3 heteroatoms. The second-order valence-corrected chi connectivity index (χ2v) is 7.14. The molecule has 124 valence electrons. The molecule has 3 nitrogen and oxygen atoms in total. The van der Waals surface area contributed by atoms with E-state index < -0.39 is 0 Å². The van der Waals surface area contributed by atoms with Gasteiger partial charge in [0.1, 0.15) is 0 Å². The normalized spacial score (nSPS) is 17.2. The molecule has 0 aliphatic carbocycles. The Bertz CT molecular complexity index is 877. The SMILES string of the molecule is Cc1cc(C)c2c3c(n(CCc4ccncc4)c2c1)CC(C)NC3. The minimum atomic E-state index is 0.544. The molecule has 0 radical (unpaired) electrons. The zero-order valence-electron chi connectivity index (χ0n) is 14.8. The van der Waals surface area contributed by atoms with E-state index in [0.717, 1.165) is 25.9 Å². The van der Waals surface area contributed by atoms with Gasteiger partial charge >= 0.3 is 0 Å². The van der Waals surface area contributed by atoms with E-state index in [2.05, 4.69) is 59.9 Å². The first-order valence-electron chi connectivity index (χ1n) is 8.87. The van der Waals surface area contributed by atoms with E-state index in [9.17, 15) is 0 Å². The summed E-state index contributed by atoms with van der Waals surface area (Å²) in [7, 11) is 0. The smallest absolute Gasteiger partial charge is 0.0491 e. The monoisotopic (exact) mass is 319 g/mol. The molecule has 1 atom stereocenters. The lowest BCUT2D eigenvalue weighted by molar-refractivity contribution is 0.492. The molecule has 2 aromatic heterocycles. The lowest BCUT2D eigenvalue weighted by atomic mass is 9.98. The molecular formula is C21H25N3. The summed E-state index contributed by atoms with van der Waals surface area (Å²) in [5, 5.41) is 5.10. The van der Waals surface area contributed by atoms with Gasteiger partial charge in [-0.1, -0.05) is 6.07 Å². The second kappa shape index (κ2) is 6.06. The molecule has 0 saturated heterocycles. The molecular weight excluding hydrogens is 294 g/mol. The number of nitrogens with one attached hydrogen (secondary N) is 1. The van der Waals surface area contributed by atoms with Crippen LogP contribution >= 0.6 is 0 Å². The van der Waals surface area contributed by atoms with E-state index in [4.69, 9.17) is 0 Å². The fourth-order valence-corrected chi connectivity index (χ4v) is 4.11. The maximum Gasteiger partial charge on any atom is 0.0491 e. The van der Waals surface area contributed by atoms with Gasteiger partial charge in [-0.25, -0.2) is 0 Å². The predicted octanol–water partition coefficient (Wildman–Crippen LogP) is 3.93. The van der Waals surface area contributed by atoms with Gasteiger partial charge in [-0.2, -0.15) is 0 Å². The van der Waals surface area contributed by atoms with Gasteiger partial charge in [0.15, 0.2) is 0 Å². The Kier molecular flexibility index (Phi) is 3.89. The summed E-state index contributed by atoms with van der Waals surface area (Å²) in [5.74, 6) is 0. The summed E-state index contributed by atoms with van der Waals surface area (Å²) >= 11 is 0. The average molecular weight is 319 g/mol. The number of rotatable bonds is 3. The van der Waals surface area contributed by atoms with Crippen LogP contribution in [0.4, 0.5) is 0 Å². The molecule has 24 heavy (non-hydrogen) atoms. The molecule has 1 aromatic carbocycles. The van der Waals surface area contributed by atoms with Crippen LogP contribution in [-0.4, -0.2) is 15.6 Å². The second-order valence-electron chi connectivity index (χ2n) is 7.14. The maximum atomic E-state index is 4.13. The number of pyridine rings is 1. The summed E-state index contributed by atoms with van der Waals surface area (Å²) in [6.07, 6.45) is 5.93. The van der Waals surface area contributed by atoms with Crippen LogP contribution in [0.5, 0.6) is 0 Å². The Labute approximate surface area is 143 Å². The Morgan fingerprint density at radius 1 is 1.21 bits per heavy atom. The van der Waals surface area contributed by atoms with Crippen molar-refractivity contribution in [3.05, 3.63) is 64.6 Å². The Morgan fingerprint density at radius 3 is 2.79 bits per heavy atom. The number of aryl methyl sites for hydroxylation is 4. The summed E-state index contributed by atoms with van der Waals surface area (Å²) in [4.78, 5) is 4.13. The molecule has 3 heterocycles. The van der Waals surface area contributed by atoms with Crippen molar-refractivity contribution in [3.8, 4) is 0 Å².